The van der Waals surface area contributed by atoms with Crippen molar-refractivity contribution >= 4 is 101 Å². The fourth-order valence-electron chi connectivity index (χ4n) is 2.73. The molecule has 0 aliphatic carbocycles. The summed E-state index contributed by atoms with van der Waals surface area (Å²) in [5.41, 5.74) is 5.91. The predicted octanol–water partition coefficient (Wildman–Crippen LogP) is 9.26. The lowest BCUT2D eigenvalue weighted by molar-refractivity contribution is 0.111. The highest BCUT2D eigenvalue weighted by Gasteiger charge is 2.05. The Hall–Kier alpha value is -2.26. The molecule has 4 nitrogen and oxygen atoms in total. The van der Waals surface area contributed by atoms with Crippen LogP contribution in [0.1, 0.15) is 63.7 Å². The van der Waals surface area contributed by atoms with Crippen LogP contribution in [-0.4, -0.2) is 25.1 Å². The molecule has 3 aromatic carbocycles. The van der Waals surface area contributed by atoms with Gasteiger partial charge in [0.15, 0.2) is 25.1 Å². The van der Waals surface area contributed by atoms with Crippen molar-refractivity contribution in [2.75, 3.05) is 0 Å². The van der Waals surface area contributed by atoms with Gasteiger partial charge in [-0.2, -0.15) is 0 Å². The van der Waals surface area contributed by atoms with E-state index in [4.69, 9.17) is 0 Å². The van der Waals surface area contributed by atoms with Crippen molar-refractivity contribution in [3.63, 3.8) is 0 Å². The Morgan fingerprint density at radius 3 is 1.03 bits per heavy atom. The largest absolute Gasteiger partial charge is 0.298 e. The van der Waals surface area contributed by atoms with Gasteiger partial charge in [-0.3, -0.25) is 19.2 Å². The first-order chi connectivity index (χ1) is 17.1. The molecule has 0 saturated heterocycles. The zero-order valence-electron chi connectivity index (χ0n) is 19.5. The summed E-state index contributed by atoms with van der Waals surface area (Å²) in [4.78, 5) is 42.2. The number of aryl methyl sites for hydroxylation is 2. The Labute approximate surface area is 244 Å². The quantitative estimate of drug-likeness (QED) is 0.236. The lowest BCUT2D eigenvalue weighted by Gasteiger charge is -2.04. The molecule has 0 N–H and O–H groups in total. The summed E-state index contributed by atoms with van der Waals surface area (Å²) in [7, 11) is 0. The predicted molar refractivity (Wildman–Crippen MR) is 161 cm³/mol. The zero-order chi connectivity index (χ0) is 27.4. The second-order valence-corrected chi connectivity index (χ2v) is 10.7. The summed E-state index contributed by atoms with van der Waals surface area (Å²) in [5.74, 6) is 0. The van der Waals surface area contributed by atoms with E-state index in [-0.39, 0.29) is 0 Å². The molecule has 8 heteroatoms. The van der Waals surface area contributed by atoms with E-state index in [0.717, 1.165) is 25.1 Å². The molecule has 0 bridgehead atoms. The molecule has 0 spiro atoms. The average Bonchev–Trinajstić information content (AvgIpc) is 2.88. The van der Waals surface area contributed by atoms with E-state index in [1.54, 1.807) is 36.4 Å². The summed E-state index contributed by atoms with van der Waals surface area (Å²) in [6.45, 7) is 11.3. The molecular formula is C28H22Br4O4. The lowest BCUT2D eigenvalue weighted by Crippen LogP contribution is -1.93. The fraction of sp³-hybridized carbons (Fsp3) is 0.0714. The van der Waals surface area contributed by atoms with Crippen LogP contribution in [0.4, 0.5) is 0 Å². The number of carbonyl (C=O) groups is 4. The minimum absolute atomic E-state index is 0.514. The molecule has 36 heavy (non-hydrogen) atoms. The van der Waals surface area contributed by atoms with Gasteiger partial charge in [0.05, 0.1) is 0 Å². The number of halogens is 4. The van der Waals surface area contributed by atoms with Crippen LogP contribution in [0, 0.1) is 13.8 Å². The maximum Gasteiger partial charge on any atom is 0.151 e. The fourth-order valence-corrected chi connectivity index (χ4v) is 4.55. The average molecular weight is 742 g/mol. The Morgan fingerprint density at radius 2 is 0.778 bits per heavy atom. The second kappa shape index (κ2) is 15.8. The summed E-state index contributed by atoms with van der Waals surface area (Å²) in [6.07, 6.45) is 6.01. The topological polar surface area (TPSA) is 68.3 Å². The number of hydrogen-bond acceptors (Lipinski definition) is 4. The van der Waals surface area contributed by atoms with E-state index in [1.807, 2.05) is 0 Å². The van der Waals surface area contributed by atoms with E-state index in [0.29, 0.717) is 42.3 Å². The monoisotopic (exact) mass is 738 g/mol. The van der Waals surface area contributed by atoms with Crippen molar-refractivity contribution in [3.8, 4) is 0 Å². The highest BCUT2D eigenvalue weighted by molar-refractivity contribution is 9.11. The molecule has 0 unspecified atom stereocenters. The van der Waals surface area contributed by atoms with Crippen LogP contribution in [0.25, 0.3) is 12.2 Å². The first kappa shape index (κ1) is 31.8. The van der Waals surface area contributed by atoms with Crippen LogP contribution < -0.4 is 0 Å². The minimum atomic E-state index is 0.514. The molecular weight excluding hydrogens is 720 g/mol. The normalized spacial score (nSPS) is 9.50. The van der Waals surface area contributed by atoms with Gasteiger partial charge in [0.25, 0.3) is 0 Å². The van der Waals surface area contributed by atoms with Crippen LogP contribution in [0.15, 0.2) is 67.4 Å². The first-order valence-electron chi connectivity index (χ1n) is 10.2. The molecule has 0 aliphatic rings. The standard InChI is InChI=1S/C12H10O2.C8H4Br2O2.C8H8Br2/c1-3-9-5-12(8-14)10(4-2)6-11(9)7-13;9-7-1-5(3-11)8(10)2-6(7)4-12;1-5-3-8(10)6(2)4-7(5)9/h3-8H,1-2H2;1-4H;3-4H,1-2H3. The smallest absolute Gasteiger partial charge is 0.151 e. The van der Waals surface area contributed by atoms with Crippen LogP contribution in [-0.2, 0) is 0 Å². The summed E-state index contributed by atoms with van der Waals surface area (Å²) in [6, 6.07) is 10.7. The van der Waals surface area contributed by atoms with Gasteiger partial charge in [-0.05, 0) is 72.5 Å². The summed E-state index contributed by atoms with van der Waals surface area (Å²) in [5, 5.41) is 0. The molecule has 186 valence electrons. The van der Waals surface area contributed by atoms with Crippen molar-refractivity contribution in [2.45, 2.75) is 13.8 Å². The van der Waals surface area contributed by atoms with Gasteiger partial charge in [0.1, 0.15) is 0 Å². The lowest BCUT2D eigenvalue weighted by atomic mass is 9.99. The SMILES string of the molecule is C=Cc1cc(C=O)c(C=C)cc1C=O.Cc1cc(Br)c(C)cc1Br.O=Cc1cc(Br)c(C=O)cc1Br. The highest BCUT2D eigenvalue weighted by Crippen LogP contribution is 2.25. The molecule has 0 atom stereocenters. The van der Waals surface area contributed by atoms with E-state index < -0.39 is 0 Å². The third-order valence-electron chi connectivity index (χ3n) is 4.79. The van der Waals surface area contributed by atoms with E-state index >= 15 is 0 Å². The van der Waals surface area contributed by atoms with E-state index in [9.17, 15) is 19.2 Å². The number of hydrogen-bond donors (Lipinski definition) is 0. The summed E-state index contributed by atoms with van der Waals surface area (Å²) < 4.78 is 3.60. The number of benzene rings is 3. The number of rotatable bonds is 6. The summed E-state index contributed by atoms with van der Waals surface area (Å²) >= 11 is 13.3. The van der Waals surface area contributed by atoms with Gasteiger partial charge < -0.3 is 0 Å². The van der Waals surface area contributed by atoms with Crippen LogP contribution in [0.5, 0.6) is 0 Å². The Balaban J connectivity index is 0.000000274. The third kappa shape index (κ3) is 9.00. The van der Waals surface area contributed by atoms with Gasteiger partial charge in [0, 0.05) is 40.1 Å². The minimum Gasteiger partial charge on any atom is -0.298 e. The van der Waals surface area contributed by atoms with Gasteiger partial charge in [0.2, 0.25) is 0 Å². The van der Waals surface area contributed by atoms with Crippen molar-refractivity contribution in [3.05, 3.63) is 112 Å². The zero-order valence-corrected chi connectivity index (χ0v) is 25.8. The van der Waals surface area contributed by atoms with E-state index in [1.165, 1.54) is 20.1 Å². The molecule has 3 aromatic rings. The van der Waals surface area contributed by atoms with Gasteiger partial charge in [-0.25, -0.2) is 0 Å². The molecule has 0 aliphatic heterocycles. The number of carbonyl (C=O) groups excluding carboxylic acids is 4. The first-order valence-corrected chi connectivity index (χ1v) is 13.4. The van der Waals surface area contributed by atoms with Gasteiger partial charge >= 0.3 is 0 Å². The molecule has 0 radical (unpaired) electrons. The van der Waals surface area contributed by atoms with Gasteiger partial charge in [-0.1, -0.05) is 89.0 Å². The molecule has 0 saturated carbocycles. The maximum absolute atomic E-state index is 10.7. The number of aldehydes is 4. The van der Waals surface area contributed by atoms with Crippen LogP contribution in [0.2, 0.25) is 0 Å². The van der Waals surface area contributed by atoms with Crippen molar-refractivity contribution in [2.24, 2.45) is 0 Å². The molecule has 0 heterocycles. The van der Waals surface area contributed by atoms with Crippen LogP contribution >= 0.6 is 63.7 Å². The van der Waals surface area contributed by atoms with Crippen LogP contribution in [0.3, 0.4) is 0 Å². The highest BCUT2D eigenvalue weighted by atomic mass is 79.9. The molecule has 0 amide bonds. The Bertz CT molecular complexity index is 1160. The Kier molecular flexibility index (Phi) is 13.9. The Morgan fingerprint density at radius 1 is 0.472 bits per heavy atom. The third-order valence-corrected chi connectivity index (χ3v) is 7.87. The molecule has 3 rings (SSSR count). The van der Waals surface area contributed by atoms with E-state index in [2.05, 4.69) is 103 Å². The van der Waals surface area contributed by atoms with Crippen molar-refractivity contribution in [1.82, 2.24) is 0 Å². The molecule has 0 aromatic heterocycles. The van der Waals surface area contributed by atoms with Gasteiger partial charge in [-0.15, -0.1) is 0 Å². The maximum atomic E-state index is 10.7. The van der Waals surface area contributed by atoms with Crippen molar-refractivity contribution < 1.29 is 19.2 Å². The second-order valence-electron chi connectivity index (χ2n) is 7.24. The van der Waals surface area contributed by atoms with Crippen molar-refractivity contribution in [1.29, 1.82) is 0 Å². The molecule has 0 fully saturated rings.